The standard InChI is InChI=1S/C33H54N2/c1-2-4-8-12-16-22-32-24-20-29-35(30-32)27-19-15-11-7-5-9-13-17-23-33-25-21-28-34(31-33)26-18-14-10-6-3-1/h20-21,24-25,28-31H,1-19,22-23,26-27H2/q+2. The van der Waals surface area contributed by atoms with Crippen molar-refractivity contribution in [3.8, 4) is 0 Å². The SMILES string of the molecule is c1cc2c[n+](c1)CCCCCCCCCCCCCc1ccc[n+](c1)CCCCCCCCCC2. The number of aryl methyl sites for hydroxylation is 4. The molecule has 2 heteroatoms. The number of hydrogen-bond donors (Lipinski definition) is 0. The lowest BCUT2D eigenvalue weighted by Gasteiger charge is -2.04. The van der Waals surface area contributed by atoms with Gasteiger partial charge in [-0.2, -0.15) is 0 Å². The predicted molar refractivity (Wildman–Crippen MR) is 148 cm³/mol. The fourth-order valence-electron chi connectivity index (χ4n) is 5.63. The zero-order chi connectivity index (χ0) is 24.2. The maximum atomic E-state index is 2.43. The van der Waals surface area contributed by atoms with Crippen LogP contribution < -0.4 is 9.13 Å². The van der Waals surface area contributed by atoms with Crippen molar-refractivity contribution < 1.29 is 9.13 Å². The Morgan fingerprint density at radius 2 is 0.686 bits per heavy atom. The highest BCUT2D eigenvalue weighted by Crippen LogP contribution is 2.14. The molecule has 0 amide bonds. The van der Waals surface area contributed by atoms with Crippen molar-refractivity contribution in [2.24, 2.45) is 0 Å². The van der Waals surface area contributed by atoms with Crippen molar-refractivity contribution in [1.29, 1.82) is 0 Å². The minimum atomic E-state index is 1.19. The van der Waals surface area contributed by atoms with E-state index in [4.69, 9.17) is 0 Å². The molecule has 0 aromatic carbocycles. The van der Waals surface area contributed by atoms with Gasteiger partial charge in [-0.3, -0.25) is 0 Å². The van der Waals surface area contributed by atoms with Crippen LogP contribution >= 0.6 is 0 Å². The summed E-state index contributed by atoms with van der Waals surface area (Å²) in [6.07, 6.45) is 38.4. The molecule has 2 aromatic heterocycles. The molecule has 0 unspecified atom stereocenters. The van der Waals surface area contributed by atoms with E-state index in [1.807, 2.05) is 0 Å². The van der Waals surface area contributed by atoms with E-state index in [2.05, 4.69) is 58.2 Å². The van der Waals surface area contributed by atoms with Crippen LogP contribution in [0.1, 0.15) is 133 Å². The molecular weight excluding hydrogens is 424 g/mol. The second-order valence-corrected chi connectivity index (χ2v) is 11.1. The molecule has 0 saturated carbocycles. The first-order valence-corrected chi connectivity index (χ1v) is 15.4. The summed E-state index contributed by atoms with van der Waals surface area (Å²) >= 11 is 0. The maximum absolute atomic E-state index is 2.43. The average molecular weight is 479 g/mol. The number of aromatic nitrogens is 2. The Bertz CT molecular complexity index is 719. The summed E-state index contributed by atoms with van der Waals surface area (Å²) in [6.45, 7) is 2.38. The van der Waals surface area contributed by atoms with Crippen molar-refractivity contribution in [3.63, 3.8) is 0 Å². The second kappa shape index (κ2) is 18.6. The van der Waals surface area contributed by atoms with Gasteiger partial charge in [-0.15, -0.1) is 0 Å². The van der Waals surface area contributed by atoms with Crippen LogP contribution in [0.3, 0.4) is 0 Å². The van der Waals surface area contributed by atoms with Crippen LogP contribution in [-0.2, 0) is 25.9 Å². The smallest absolute Gasteiger partial charge is 0.171 e. The monoisotopic (exact) mass is 478 g/mol. The van der Waals surface area contributed by atoms with Gasteiger partial charge in [-0.1, -0.05) is 83.5 Å². The Balaban J connectivity index is 1.38. The van der Waals surface area contributed by atoms with Gasteiger partial charge in [0.05, 0.1) is 0 Å². The lowest BCUT2D eigenvalue weighted by Crippen LogP contribution is -2.33. The van der Waals surface area contributed by atoms with Crippen LogP contribution in [-0.4, -0.2) is 0 Å². The molecule has 1 aliphatic heterocycles. The minimum absolute atomic E-state index is 1.19. The van der Waals surface area contributed by atoms with E-state index in [-0.39, 0.29) is 0 Å². The van der Waals surface area contributed by atoms with E-state index >= 15 is 0 Å². The van der Waals surface area contributed by atoms with Gasteiger partial charge in [-0.05, 0) is 50.7 Å². The van der Waals surface area contributed by atoms with E-state index < -0.39 is 0 Å². The van der Waals surface area contributed by atoms with Gasteiger partial charge in [0.25, 0.3) is 0 Å². The Morgan fingerprint density at radius 1 is 0.371 bits per heavy atom. The molecule has 0 atom stereocenters. The summed E-state index contributed by atoms with van der Waals surface area (Å²) < 4.78 is 4.86. The normalized spacial score (nSPS) is 19.7. The molecule has 0 aliphatic carbocycles. The molecule has 1 aliphatic rings. The van der Waals surface area contributed by atoms with Crippen molar-refractivity contribution in [3.05, 3.63) is 60.2 Å². The Hall–Kier alpha value is -1.70. The lowest BCUT2D eigenvalue weighted by atomic mass is 10.0. The molecule has 0 spiro atoms. The molecule has 2 nitrogen and oxygen atoms in total. The number of pyridine rings is 2. The van der Waals surface area contributed by atoms with Gasteiger partial charge in [0.1, 0.15) is 13.1 Å². The number of rotatable bonds is 0. The van der Waals surface area contributed by atoms with Crippen LogP contribution in [0.15, 0.2) is 49.1 Å². The molecule has 2 aromatic rings. The molecule has 35 heavy (non-hydrogen) atoms. The summed E-state index contributed by atoms with van der Waals surface area (Å²) in [5.41, 5.74) is 3.05. The summed E-state index contributed by atoms with van der Waals surface area (Å²) in [7, 11) is 0. The highest BCUT2D eigenvalue weighted by molar-refractivity contribution is 5.05. The van der Waals surface area contributed by atoms with Gasteiger partial charge in [0.2, 0.25) is 0 Å². The highest BCUT2D eigenvalue weighted by atomic mass is 14.9. The third kappa shape index (κ3) is 13.3. The largest absolute Gasteiger partial charge is 0.205 e. The van der Waals surface area contributed by atoms with Gasteiger partial charge in [-0.25, -0.2) is 9.13 Å². The molecule has 194 valence electrons. The number of fused-ring (bicyclic) bond motifs is 4. The van der Waals surface area contributed by atoms with E-state index in [1.165, 1.54) is 159 Å². The van der Waals surface area contributed by atoms with Gasteiger partial charge in [0, 0.05) is 36.1 Å². The zero-order valence-corrected chi connectivity index (χ0v) is 22.8. The minimum Gasteiger partial charge on any atom is -0.205 e. The predicted octanol–water partition coefficient (Wildman–Crippen LogP) is 8.47. The van der Waals surface area contributed by atoms with E-state index in [0.717, 1.165) is 0 Å². The first-order valence-electron chi connectivity index (χ1n) is 15.4. The third-order valence-corrected chi connectivity index (χ3v) is 7.85. The fourth-order valence-corrected chi connectivity index (χ4v) is 5.63. The number of nitrogens with zero attached hydrogens (tertiary/aromatic N) is 2. The molecule has 4 bridgehead atoms. The molecule has 0 saturated heterocycles. The Labute approximate surface area is 217 Å². The van der Waals surface area contributed by atoms with Crippen molar-refractivity contribution >= 4 is 0 Å². The zero-order valence-electron chi connectivity index (χ0n) is 22.8. The van der Waals surface area contributed by atoms with E-state index in [1.54, 1.807) is 0 Å². The average Bonchev–Trinajstić information content (AvgIpc) is 2.88. The van der Waals surface area contributed by atoms with Gasteiger partial charge in [0.15, 0.2) is 24.8 Å². The first kappa shape index (κ1) is 27.9. The molecule has 0 N–H and O–H groups in total. The fraction of sp³-hybridized carbons (Fsp3) is 0.697. The topological polar surface area (TPSA) is 7.76 Å². The van der Waals surface area contributed by atoms with Gasteiger partial charge >= 0.3 is 0 Å². The summed E-state index contributed by atoms with van der Waals surface area (Å²) in [5.74, 6) is 0. The van der Waals surface area contributed by atoms with Crippen LogP contribution in [0.4, 0.5) is 0 Å². The Kier molecular flexibility index (Phi) is 14.8. The van der Waals surface area contributed by atoms with Crippen LogP contribution in [0.25, 0.3) is 0 Å². The highest BCUT2D eigenvalue weighted by Gasteiger charge is 2.05. The van der Waals surface area contributed by atoms with E-state index in [0.29, 0.717) is 0 Å². The van der Waals surface area contributed by atoms with Crippen LogP contribution in [0.2, 0.25) is 0 Å². The van der Waals surface area contributed by atoms with Crippen molar-refractivity contribution in [2.45, 2.75) is 148 Å². The molecular formula is C33H54N2+2. The summed E-state index contributed by atoms with van der Waals surface area (Å²) in [5, 5.41) is 0. The summed E-state index contributed by atoms with van der Waals surface area (Å²) in [6, 6.07) is 9.16. The van der Waals surface area contributed by atoms with Gasteiger partial charge < -0.3 is 0 Å². The van der Waals surface area contributed by atoms with E-state index in [9.17, 15) is 0 Å². The first-order chi connectivity index (χ1) is 17.4. The Morgan fingerprint density at radius 3 is 1.06 bits per heavy atom. The lowest BCUT2D eigenvalue weighted by molar-refractivity contribution is -0.697. The maximum Gasteiger partial charge on any atom is 0.171 e. The van der Waals surface area contributed by atoms with Crippen LogP contribution in [0, 0.1) is 0 Å². The van der Waals surface area contributed by atoms with Crippen LogP contribution in [0.5, 0.6) is 0 Å². The molecule has 3 heterocycles. The van der Waals surface area contributed by atoms with Crippen molar-refractivity contribution in [1.82, 2.24) is 0 Å². The van der Waals surface area contributed by atoms with Crippen molar-refractivity contribution in [2.75, 3.05) is 0 Å². The summed E-state index contributed by atoms with van der Waals surface area (Å²) in [4.78, 5) is 0. The molecule has 0 fully saturated rings. The molecule has 3 rings (SSSR count). The third-order valence-electron chi connectivity index (χ3n) is 7.85. The second-order valence-electron chi connectivity index (χ2n) is 11.1. The quantitative estimate of drug-likeness (QED) is 0.335. The molecule has 0 radical (unpaired) electrons. The number of hydrogen-bond acceptors (Lipinski definition) is 0.